The Morgan fingerprint density at radius 3 is 2.73 bits per heavy atom. The summed E-state index contributed by atoms with van der Waals surface area (Å²) in [6, 6.07) is 14.5. The minimum absolute atomic E-state index is 0.0378. The van der Waals surface area contributed by atoms with E-state index in [0.717, 1.165) is 0 Å². The highest BCUT2D eigenvalue weighted by molar-refractivity contribution is 9.10. The average Bonchev–Trinajstić information content (AvgIpc) is 3.52. The van der Waals surface area contributed by atoms with E-state index in [9.17, 15) is 19.7 Å². The van der Waals surface area contributed by atoms with E-state index in [1.54, 1.807) is 68.1 Å². The molecule has 0 radical (unpaired) electrons. The number of allylic oxidation sites excluding steroid dienone is 1. The lowest BCUT2D eigenvalue weighted by Gasteiger charge is -2.25. The van der Waals surface area contributed by atoms with Crippen molar-refractivity contribution in [1.82, 2.24) is 9.13 Å². The first-order valence-electron chi connectivity index (χ1n) is 12.2. The van der Waals surface area contributed by atoms with Crippen molar-refractivity contribution in [3.05, 3.63) is 118 Å². The molecule has 2 aromatic heterocycles. The number of carbonyl (C=O) groups is 1. The largest absolute Gasteiger partial charge is 0.496 e. The Bertz CT molecular complexity index is 1870. The molecule has 0 aliphatic carbocycles. The smallest absolute Gasteiger partial charge is 0.338 e. The number of nitrogens with zero attached hydrogens (tertiary/aromatic N) is 4. The number of hydrogen-bond acceptors (Lipinski definition) is 8. The van der Waals surface area contributed by atoms with Gasteiger partial charge in [-0.15, -0.1) is 0 Å². The summed E-state index contributed by atoms with van der Waals surface area (Å²) >= 11 is 4.71. The summed E-state index contributed by atoms with van der Waals surface area (Å²) < 4.78 is 15.0. The van der Waals surface area contributed by atoms with Gasteiger partial charge in [-0.05, 0) is 71.7 Å². The summed E-state index contributed by atoms with van der Waals surface area (Å²) in [4.78, 5) is 42.9. The predicted molar refractivity (Wildman–Crippen MR) is 154 cm³/mol. The number of thiazole rings is 1. The second-order valence-electron chi connectivity index (χ2n) is 8.78. The molecule has 12 heteroatoms. The van der Waals surface area contributed by atoms with Crippen LogP contribution in [0.3, 0.4) is 0 Å². The van der Waals surface area contributed by atoms with Crippen LogP contribution in [0.25, 0.3) is 11.8 Å². The molecule has 4 aromatic rings. The van der Waals surface area contributed by atoms with Crippen molar-refractivity contribution in [2.45, 2.75) is 19.9 Å². The van der Waals surface area contributed by atoms with Crippen LogP contribution in [-0.4, -0.2) is 33.7 Å². The second-order valence-corrected chi connectivity index (χ2v) is 10.6. The van der Waals surface area contributed by atoms with E-state index in [0.29, 0.717) is 42.2 Å². The molecule has 0 unspecified atom stereocenters. The average molecular weight is 623 g/mol. The molecule has 0 bridgehead atoms. The first-order valence-corrected chi connectivity index (χ1v) is 13.8. The number of non-ortho nitro benzene ring substituents is 1. The maximum Gasteiger partial charge on any atom is 0.338 e. The van der Waals surface area contributed by atoms with Crippen LogP contribution in [-0.2, 0) is 9.53 Å². The van der Waals surface area contributed by atoms with Gasteiger partial charge in [0.25, 0.3) is 11.2 Å². The number of benzene rings is 2. The molecule has 1 aliphatic rings. The lowest BCUT2D eigenvalue weighted by molar-refractivity contribution is -0.384. The van der Waals surface area contributed by atoms with E-state index in [-0.39, 0.29) is 23.4 Å². The molecule has 10 nitrogen and oxygen atoms in total. The highest BCUT2D eigenvalue weighted by atomic mass is 79.9. The Morgan fingerprint density at radius 2 is 2.02 bits per heavy atom. The monoisotopic (exact) mass is 622 g/mol. The maximum atomic E-state index is 13.9. The highest BCUT2D eigenvalue weighted by Crippen LogP contribution is 2.35. The van der Waals surface area contributed by atoms with E-state index < -0.39 is 16.9 Å². The van der Waals surface area contributed by atoms with Gasteiger partial charge < -0.3 is 14.0 Å². The summed E-state index contributed by atoms with van der Waals surface area (Å²) in [5, 5.41) is 11.3. The lowest BCUT2D eigenvalue weighted by atomic mass is 9.96. The molecule has 2 aromatic carbocycles. The minimum Gasteiger partial charge on any atom is -0.496 e. The van der Waals surface area contributed by atoms with Crippen molar-refractivity contribution in [3.63, 3.8) is 0 Å². The van der Waals surface area contributed by atoms with Crippen molar-refractivity contribution in [1.29, 1.82) is 0 Å². The fourth-order valence-electron chi connectivity index (χ4n) is 4.60. The maximum absolute atomic E-state index is 13.9. The number of esters is 1. The summed E-state index contributed by atoms with van der Waals surface area (Å²) in [5.74, 6) is 0.0611. The van der Waals surface area contributed by atoms with E-state index >= 15 is 0 Å². The quantitative estimate of drug-likeness (QED) is 0.173. The lowest BCUT2D eigenvalue weighted by Crippen LogP contribution is -2.40. The van der Waals surface area contributed by atoms with Crippen LogP contribution in [0.2, 0.25) is 0 Å². The Kier molecular flexibility index (Phi) is 7.55. The molecular weight excluding hydrogens is 600 g/mol. The van der Waals surface area contributed by atoms with Gasteiger partial charge in [0.15, 0.2) is 4.80 Å². The molecule has 0 saturated carbocycles. The van der Waals surface area contributed by atoms with E-state index in [1.165, 1.54) is 28.0 Å². The Balaban J connectivity index is 1.69. The molecule has 0 saturated heterocycles. The zero-order chi connectivity index (χ0) is 28.6. The molecular formula is C28H23BrN4O6S. The molecule has 1 atom stereocenters. The molecule has 3 heterocycles. The number of nitro groups is 1. The van der Waals surface area contributed by atoms with Crippen LogP contribution >= 0.6 is 27.3 Å². The normalized spacial score (nSPS) is 15.0. The third kappa shape index (κ3) is 4.91. The summed E-state index contributed by atoms with van der Waals surface area (Å²) in [6.45, 7) is 3.62. The fourth-order valence-corrected chi connectivity index (χ4v) is 6.19. The molecule has 0 spiro atoms. The predicted octanol–water partition coefficient (Wildman–Crippen LogP) is 4.27. The van der Waals surface area contributed by atoms with Gasteiger partial charge in [-0.3, -0.25) is 19.5 Å². The first kappa shape index (κ1) is 27.3. The van der Waals surface area contributed by atoms with Gasteiger partial charge in [-0.1, -0.05) is 23.5 Å². The van der Waals surface area contributed by atoms with Crippen LogP contribution < -0.4 is 19.6 Å². The molecule has 40 heavy (non-hydrogen) atoms. The van der Waals surface area contributed by atoms with Crippen molar-refractivity contribution < 1.29 is 19.2 Å². The number of nitro benzene ring substituents is 1. The van der Waals surface area contributed by atoms with Crippen LogP contribution in [0.15, 0.2) is 86.3 Å². The van der Waals surface area contributed by atoms with E-state index in [2.05, 4.69) is 20.9 Å². The van der Waals surface area contributed by atoms with Gasteiger partial charge in [0.1, 0.15) is 5.75 Å². The van der Waals surface area contributed by atoms with Gasteiger partial charge in [0.2, 0.25) is 0 Å². The van der Waals surface area contributed by atoms with Gasteiger partial charge >= 0.3 is 5.97 Å². The Morgan fingerprint density at radius 1 is 1.23 bits per heavy atom. The standard InChI is InChI=1S/C28H23BrN4O6S/c1-4-39-27(35)24-16(2)30-28-32(25(24)17-10-11-22(38-3)21(29)13-17)26(34)23(40-28)15-19-9-6-12-31(19)18-7-5-8-20(14-18)33(36)37/h5-15,25H,4H2,1-3H3/b23-15+/t25-/m0/s1. The first-order chi connectivity index (χ1) is 19.2. The van der Waals surface area contributed by atoms with Gasteiger partial charge in [-0.25, -0.2) is 9.79 Å². The van der Waals surface area contributed by atoms with Crippen LogP contribution in [0.1, 0.15) is 31.1 Å². The number of rotatable bonds is 7. The molecule has 1 aliphatic heterocycles. The van der Waals surface area contributed by atoms with Crippen LogP contribution in [0, 0.1) is 10.1 Å². The van der Waals surface area contributed by atoms with Crippen molar-refractivity contribution in [3.8, 4) is 11.4 Å². The minimum atomic E-state index is -0.775. The molecule has 0 amide bonds. The van der Waals surface area contributed by atoms with E-state index in [4.69, 9.17) is 9.47 Å². The van der Waals surface area contributed by atoms with Gasteiger partial charge in [-0.2, -0.15) is 0 Å². The summed E-state index contributed by atoms with van der Waals surface area (Å²) in [6.07, 6.45) is 3.48. The van der Waals surface area contributed by atoms with Gasteiger partial charge in [0.05, 0.1) is 50.6 Å². The SMILES string of the molecule is CCOC(=O)C1=C(C)N=c2s/c(=C/c3cccn3-c3cccc([N+](=O)[O-])c3)c(=O)n2[C@H]1c1ccc(OC)c(Br)c1. The fraction of sp³-hybridized carbons (Fsp3) is 0.179. The highest BCUT2D eigenvalue weighted by Gasteiger charge is 2.33. The number of aromatic nitrogens is 2. The second kappa shape index (κ2) is 11.1. The molecule has 5 rings (SSSR count). The zero-order valence-electron chi connectivity index (χ0n) is 21.7. The molecule has 0 fully saturated rings. The van der Waals surface area contributed by atoms with Crippen molar-refractivity contribution in [2.75, 3.05) is 13.7 Å². The van der Waals surface area contributed by atoms with E-state index in [1.807, 2.05) is 12.1 Å². The number of methoxy groups -OCH3 is 1. The number of carbonyl (C=O) groups excluding carboxylic acids is 1. The van der Waals surface area contributed by atoms with Crippen molar-refractivity contribution in [2.24, 2.45) is 4.99 Å². The zero-order valence-corrected chi connectivity index (χ0v) is 24.1. The Labute approximate surface area is 240 Å². The number of halogens is 1. The van der Waals surface area contributed by atoms with Gasteiger partial charge in [0, 0.05) is 24.0 Å². The third-order valence-corrected chi connectivity index (χ3v) is 7.99. The number of ether oxygens (including phenoxy) is 2. The molecule has 204 valence electrons. The third-order valence-electron chi connectivity index (χ3n) is 6.39. The van der Waals surface area contributed by atoms with Crippen molar-refractivity contribution >= 4 is 45.0 Å². The Hall–Kier alpha value is -4.29. The van der Waals surface area contributed by atoms with Crippen LogP contribution in [0.5, 0.6) is 5.75 Å². The van der Waals surface area contributed by atoms with Crippen LogP contribution in [0.4, 0.5) is 5.69 Å². The summed E-state index contributed by atoms with van der Waals surface area (Å²) in [5.41, 5.74) is 2.28. The summed E-state index contributed by atoms with van der Waals surface area (Å²) in [7, 11) is 1.56. The number of hydrogen-bond donors (Lipinski definition) is 0. The number of fused-ring (bicyclic) bond motifs is 1. The topological polar surface area (TPSA) is 118 Å². The molecule has 0 N–H and O–H groups in total.